The fourth-order valence-corrected chi connectivity index (χ4v) is 1.45. The fraction of sp³-hybridized carbons (Fsp3) is 0.636. The van der Waals surface area contributed by atoms with Gasteiger partial charge in [0.1, 0.15) is 0 Å². The highest BCUT2D eigenvalue weighted by atomic mass is 16.5. The Morgan fingerprint density at radius 3 is 2.87 bits per heavy atom. The third-order valence-corrected chi connectivity index (χ3v) is 2.24. The summed E-state index contributed by atoms with van der Waals surface area (Å²) in [7, 11) is 1.67. The van der Waals surface area contributed by atoms with Crippen LogP contribution >= 0.6 is 0 Å². The molecule has 4 heteroatoms. The molecular weight excluding hydrogens is 192 g/mol. The Bertz CT molecular complexity index is 271. The van der Waals surface area contributed by atoms with Crippen LogP contribution in [-0.4, -0.2) is 31.5 Å². The molecule has 4 nitrogen and oxygen atoms in total. The third kappa shape index (κ3) is 4.03. The quantitative estimate of drug-likeness (QED) is 0.690. The highest BCUT2D eigenvalue weighted by molar-refractivity contribution is 5.10. The SMILES string of the molecule is COCCOCCn1cccc1C(C)N. The van der Waals surface area contributed by atoms with E-state index in [1.807, 2.05) is 25.3 Å². The highest BCUT2D eigenvalue weighted by Gasteiger charge is 2.04. The lowest BCUT2D eigenvalue weighted by atomic mass is 10.2. The summed E-state index contributed by atoms with van der Waals surface area (Å²) in [5, 5.41) is 0. The van der Waals surface area contributed by atoms with E-state index in [-0.39, 0.29) is 6.04 Å². The van der Waals surface area contributed by atoms with E-state index in [9.17, 15) is 0 Å². The van der Waals surface area contributed by atoms with Gasteiger partial charge in [0, 0.05) is 31.6 Å². The lowest BCUT2D eigenvalue weighted by Crippen LogP contribution is -2.15. The van der Waals surface area contributed by atoms with Crippen LogP contribution in [0.25, 0.3) is 0 Å². The van der Waals surface area contributed by atoms with Crippen molar-refractivity contribution in [1.29, 1.82) is 0 Å². The van der Waals surface area contributed by atoms with Gasteiger partial charge in [0.2, 0.25) is 0 Å². The van der Waals surface area contributed by atoms with Gasteiger partial charge in [-0.2, -0.15) is 0 Å². The monoisotopic (exact) mass is 212 g/mol. The Morgan fingerprint density at radius 2 is 2.20 bits per heavy atom. The molecule has 1 heterocycles. The second-order valence-corrected chi connectivity index (χ2v) is 3.52. The van der Waals surface area contributed by atoms with E-state index in [1.165, 1.54) is 0 Å². The first-order valence-corrected chi connectivity index (χ1v) is 5.23. The molecule has 15 heavy (non-hydrogen) atoms. The average Bonchev–Trinajstić information content (AvgIpc) is 2.66. The summed E-state index contributed by atoms with van der Waals surface area (Å²) in [5.74, 6) is 0. The number of hydrogen-bond acceptors (Lipinski definition) is 3. The minimum atomic E-state index is 0.0685. The molecule has 0 fully saturated rings. The standard InChI is InChI=1S/C11H20N2O2/c1-10(12)11-4-3-5-13(11)6-7-15-9-8-14-2/h3-5,10H,6-9,12H2,1-2H3. The topological polar surface area (TPSA) is 49.4 Å². The van der Waals surface area contributed by atoms with E-state index in [0.29, 0.717) is 19.8 Å². The minimum Gasteiger partial charge on any atom is -0.382 e. The van der Waals surface area contributed by atoms with Gasteiger partial charge in [-0.1, -0.05) is 0 Å². The Hall–Kier alpha value is -0.840. The molecule has 0 saturated carbocycles. The maximum Gasteiger partial charge on any atom is 0.0701 e. The Morgan fingerprint density at radius 1 is 1.40 bits per heavy atom. The largest absolute Gasteiger partial charge is 0.382 e. The molecule has 1 unspecified atom stereocenters. The molecule has 0 aliphatic heterocycles. The van der Waals surface area contributed by atoms with Gasteiger partial charge in [-0.05, 0) is 19.1 Å². The number of methoxy groups -OCH3 is 1. The van der Waals surface area contributed by atoms with Crippen molar-refractivity contribution in [2.24, 2.45) is 5.73 Å². The fourth-order valence-electron chi connectivity index (χ4n) is 1.45. The Kier molecular flexibility index (Phi) is 5.39. The van der Waals surface area contributed by atoms with Gasteiger partial charge in [0.25, 0.3) is 0 Å². The Balaban J connectivity index is 2.28. The van der Waals surface area contributed by atoms with Crippen LogP contribution < -0.4 is 5.73 Å². The number of nitrogens with two attached hydrogens (primary N) is 1. The predicted octanol–water partition coefficient (Wildman–Crippen LogP) is 1.17. The van der Waals surface area contributed by atoms with Gasteiger partial charge in [0.05, 0.1) is 19.8 Å². The average molecular weight is 212 g/mol. The summed E-state index contributed by atoms with van der Waals surface area (Å²) in [6, 6.07) is 4.12. The molecule has 0 saturated heterocycles. The van der Waals surface area contributed by atoms with Crippen molar-refractivity contribution in [2.45, 2.75) is 19.5 Å². The van der Waals surface area contributed by atoms with Crippen LogP contribution in [0.3, 0.4) is 0 Å². The maximum absolute atomic E-state index is 5.83. The summed E-state index contributed by atoms with van der Waals surface area (Å²) >= 11 is 0. The van der Waals surface area contributed by atoms with E-state index >= 15 is 0 Å². The van der Waals surface area contributed by atoms with Crippen molar-refractivity contribution in [1.82, 2.24) is 4.57 Å². The van der Waals surface area contributed by atoms with Crippen LogP contribution in [0.2, 0.25) is 0 Å². The van der Waals surface area contributed by atoms with E-state index in [2.05, 4.69) is 4.57 Å². The smallest absolute Gasteiger partial charge is 0.0701 e. The first-order valence-electron chi connectivity index (χ1n) is 5.23. The third-order valence-electron chi connectivity index (χ3n) is 2.24. The van der Waals surface area contributed by atoms with Gasteiger partial charge >= 0.3 is 0 Å². The van der Waals surface area contributed by atoms with E-state index in [1.54, 1.807) is 7.11 Å². The first kappa shape index (κ1) is 12.2. The molecule has 0 aromatic carbocycles. The van der Waals surface area contributed by atoms with E-state index < -0.39 is 0 Å². The number of nitrogens with zero attached hydrogens (tertiary/aromatic N) is 1. The van der Waals surface area contributed by atoms with Crippen molar-refractivity contribution >= 4 is 0 Å². The van der Waals surface area contributed by atoms with E-state index in [4.69, 9.17) is 15.2 Å². The molecule has 0 aliphatic carbocycles. The highest BCUT2D eigenvalue weighted by Crippen LogP contribution is 2.10. The summed E-state index contributed by atoms with van der Waals surface area (Å²) in [5.41, 5.74) is 6.97. The molecule has 0 amide bonds. The molecule has 1 aromatic rings. The molecule has 2 N–H and O–H groups in total. The van der Waals surface area contributed by atoms with Crippen molar-refractivity contribution < 1.29 is 9.47 Å². The zero-order valence-corrected chi connectivity index (χ0v) is 9.48. The van der Waals surface area contributed by atoms with Crippen LogP contribution in [0.1, 0.15) is 18.7 Å². The predicted molar refractivity (Wildman–Crippen MR) is 59.7 cm³/mol. The maximum atomic E-state index is 5.83. The molecule has 0 radical (unpaired) electrons. The lowest BCUT2D eigenvalue weighted by molar-refractivity contribution is 0.0663. The second-order valence-electron chi connectivity index (χ2n) is 3.52. The molecule has 0 aliphatic rings. The van der Waals surface area contributed by atoms with Gasteiger partial charge in [-0.15, -0.1) is 0 Å². The normalized spacial score (nSPS) is 13.0. The van der Waals surface area contributed by atoms with Crippen LogP contribution in [0.15, 0.2) is 18.3 Å². The zero-order chi connectivity index (χ0) is 11.1. The number of ether oxygens (including phenoxy) is 2. The summed E-state index contributed by atoms with van der Waals surface area (Å²) in [6.07, 6.45) is 2.03. The zero-order valence-electron chi connectivity index (χ0n) is 9.48. The van der Waals surface area contributed by atoms with Crippen molar-refractivity contribution in [2.75, 3.05) is 26.9 Å². The summed E-state index contributed by atoms with van der Waals surface area (Å²) < 4.78 is 12.4. The van der Waals surface area contributed by atoms with Gasteiger partial charge in [-0.25, -0.2) is 0 Å². The van der Waals surface area contributed by atoms with Gasteiger partial charge in [-0.3, -0.25) is 0 Å². The molecule has 0 bridgehead atoms. The number of aromatic nitrogens is 1. The van der Waals surface area contributed by atoms with Crippen molar-refractivity contribution in [3.63, 3.8) is 0 Å². The van der Waals surface area contributed by atoms with Crippen molar-refractivity contribution in [3.05, 3.63) is 24.0 Å². The van der Waals surface area contributed by atoms with Crippen molar-refractivity contribution in [3.8, 4) is 0 Å². The van der Waals surface area contributed by atoms with Crippen LogP contribution in [0.4, 0.5) is 0 Å². The van der Waals surface area contributed by atoms with Gasteiger partial charge in [0.15, 0.2) is 0 Å². The lowest BCUT2D eigenvalue weighted by Gasteiger charge is -2.11. The van der Waals surface area contributed by atoms with Crippen LogP contribution in [0.5, 0.6) is 0 Å². The second kappa shape index (κ2) is 6.61. The summed E-state index contributed by atoms with van der Waals surface area (Å²) in [4.78, 5) is 0. The van der Waals surface area contributed by atoms with Crippen LogP contribution in [-0.2, 0) is 16.0 Å². The van der Waals surface area contributed by atoms with Gasteiger partial charge < -0.3 is 19.8 Å². The Labute approximate surface area is 91.0 Å². The number of rotatable bonds is 7. The summed E-state index contributed by atoms with van der Waals surface area (Å²) in [6.45, 7) is 4.81. The minimum absolute atomic E-state index is 0.0685. The number of hydrogen-bond donors (Lipinski definition) is 1. The first-order chi connectivity index (χ1) is 7.25. The molecule has 1 aromatic heterocycles. The molecule has 86 valence electrons. The molecular formula is C11H20N2O2. The molecule has 0 spiro atoms. The van der Waals surface area contributed by atoms with E-state index in [0.717, 1.165) is 12.2 Å². The molecule has 1 atom stereocenters. The van der Waals surface area contributed by atoms with Crippen LogP contribution in [0, 0.1) is 0 Å². The molecule has 1 rings (SSSR count).